The number of rotatable bonds is 4. The predicted molar refractivity (Wildman–Crippen MR) is 90.2 cm³/mol. The molecule has 3 aromatic rings. The van der Waals surface area contributed by atoms with Crippen LogP contribution >= 0.6 is 0 Å². The molecule has 3 rings (SSSR count). The normalized spacial score (nSPS) is 12.2. The smallest absolute Gasteiger partial charge is 0.258 e. The highest BCUT2D eigenvalue weighted by Gasteiger charge is 2.19. The molecule has 2 heterocycles. The molecule has 0 fully saturated rings. The maximum absolute atomic E-state index is 12.8. The molecule has 0 aliphatic heterocycles. The lowest BCUT2D eigenvalue weighted by Gasteiger charge is -2.15. The zero-order valence-corrected chi connectivity index (χ0v) is 14.1. The van der Waals surface area contributed by atoms with Crippen LogP contribution in [-0.4, -0.2) is 23.2 Å². The molecule has 0 saturated heterocycles. The molecule has 24 heavy (non-hydrogen) atoms. The second-order valence-electron chi connectivity index (χ2n) is 5.73. The molecule has 6 heteroatoms. The van der Waals surface area contributed by atoms with Crippen molar-refractivity contribution < 1.29 is 14.1 Å². The van der Waals surface area contributed by atoms with E-state index in [0.717, 1.165) is 11.3 Å². The number of hydrogen-bond acceptors (Lipinski definition) is 5. The van der Waals surface area contributed by atoms with Gasteiger partial charge in [0.2, 0.25) is 0 Å². The molecule has 1 N–H and O–H groups in total. The summed E-state index contributed by atoms with van der Waals surface area (Å²) in [5, 5.41) is 7.56. The van der Waals surface area contributed by atoms with Crippen molar-refractivity contribution >= 4 is 17.0 Å². The lowest BCUT2D eigenvalue weighted by Crippen LogP contribution is -2.27. The topological polar surface area (TPSA) is 77.2 Å². The maximum Gasteiger partial charge on any atom is 0.258 e. The van der Waals surface area contributed by atoms with Gasteiger partial charge in [-0.1, -0.05) is 17.3 Å². The van der Waals surface area contributed by atoms with Crippen LogP contribution in [0.5, 0.6) is 5.75 Å². The molecule has 6 nitrogen and oxygen atoms in total. The average Bonchev–Trinajstić information content (AvgIpc) is 2.94. The Morgan fingerprint density at radius 2 is 2.08 bits per heavy atom. The number of aromatic nitrogens is 2. The minimum Gasteiger partial charge on any atom is -0.497 e. The van der Waals surface area contributed by atoms with Gasteiger partial charge in [-0.15, -0.1) is 0 Å². The van der Waals surface area contributed by atoms with Crippen molar-refractivity contribution in [3.8, 4) is 5.75 Å². The highest BCUT2D eigenvalue weighted by Crippen LogP contribution is 2.23. The molecule has 0 bridgehead atoms. The standard InChI is InChI=1S/C18H19N3O3/c1-10-8-15(16-12(3)21-24-18(16)19-10)17(22)20-11(2)13-6-5-7-14(9-13)23-4/h5-9,11H,1-4H3,(H,20,22). The summed E-state index contributed by atoms with van der Waals surface area (Å²) in [7, 11) is 1.62. The quantitative estimate of drug-likeness (QED) is 0.796. The Labute approximate surface area is 139 Å². The molecular formula is C18H19N3O3. The first kappa shape index (κ1) is 16.0. The van der Waals surface area contributed by atoms with Gasteiger partial charge in [-0.3, -0.25) is 4.79 Å². The Morgan fingerprint density at radius 3 is 2.83 bits per heavy atom. The molecule has 2 aromatic heterocycles. The Hall–Kier alpha value is -2.89. The van der Waals surface area contributed by atoms with Gasteiger partial charge in [-0.2, -0.15) is 0 Å². The van der Waals surface area contributed by atoms with Gasteiger partial charge in [-0.25, -0.2) is 4.98 Å². The highest BCUT2D eigenvalue weighted by atomic mass is 16.5. The number of ether oxygens (including phenoxy) is 1. The summed E-state index contributed by atoms with van der Waals surface area (Å²) in [6.07, 6.45) is 0. The molecule has 0 aliphatic carbocycles. The molecule has 1 atom stereocenters. The maximum atomic E-state index is 12.8. The molecule has 0 spiro atoms. The number of carbonyl (C=O) groups excluding carboxylic acids is 1. The summed E-state index contributed by atoms with van der Waals surface area (Å²) in [5.74, 6) is 0.567. The number of benzene rings is 1. The molecule has 0 aliphatic rings. The number of pyridine rings is 1. The second kappa shape index (κ2) is 6.31. The minimum absolute atomic E-state index is 0.170. The summed E-state index contributed by atoms with van der Waals surface area (Å²) in [6.45, 7) is 5.54. The van der Waals surface area contributed by atoms with E-state index in [-0.39, 0.29) is 11.9 Å². The van der Waals surface area contributed by atoms with Gasteiger partial charge in [0.25, 0.3) is 11.6 Å². The van der Waals surface area contributed by atoms with Crippen LogP contribution in [0.4, 0.5) is 0 Å². The van der Waals surface area contributed by atoms with Crippen LogP contribution in [-0.2, 0) is 0 Å². The van der Waals surface area contributed by atoms with Crippen LogP contribution < -0.4 is 10.1 Å². The number of nitrogens with one attached hydrogen (secondary N) is 1. The Balaban J connectivity index is 1.91. The monoisotopic (exact) mass is 325 g/mol. The average molecular weight is 325 g/mol. The third-order valence-corrected chi connectivity index (χ3v) is 3.93. The number of carbonyl (C=O) groups is 1. The van der Waals surface area contributed by atoms with Crippen molar-refractivity contribution in [2.75, 3.05) is 7.11 Å². The third-order valence-electron chi connectivity index (χ3n) is 3.93. The summed E-state index contributed by atoms with van der Waals surface area (Å²) < 4.78 is 10.4. The number of hydrogen-bond donors (Lipinski definition) is 1. The van der Waals surface area contributed by atoms with E-state index in [1.54, 1.807) is 20.1 Å². The van der Waals surface area contributed by atoms with E-state index in [0.29, 0.717) is 28.1 Å². The van der Waals surface area contributed by atoms with Gasteiger partial charge >= 0.3 is 0 Å². The van der Waals surface area contributed by atoms with Gasteiger partial charge in [0.05, 0.1) is 29.8 Å². The van der Waals surface area contributed by atoms with E-state index >= 15 is 0 Å². The van der Waals surface area contributed by atoms with Crippen molar-refractivity contribution in [1.29, 1.82) is 0 Å². The van der Waals surface area contributed by atoms with Gasteiger partial charge in [0, 0.05) is 5.69 Å². The van der Waals surface area contributed by atoms with Crippen LogP contribution in [0.2, 0.25) is 0 Å². The van der Waals surface area contributed by atoms with Crippen molar-refractivity contribution in [2.45, 2.75) is 26.8 Å². The van der Waals surface area contributed by atoms with E-state index in [2.05, 4.69) is 15.5 Å². The van der Waals surface area contributed by atoms with Crippen LogP contribution in [0.3, 0.4) is 0 Å². The van der Waals surface area contributed by atoms with E-state index in [1.165, 1.54) is 0 Å². The van der Waals surface area contributed by atoms with E-state index in [1.807, 2.05) is 38.1 Å². The van der Waals surface area contributed by atoms with Crippen LogP contribution in [0, 0.1) is 13.8 Å². The first-order valence-corrected chi connectivity index (χ1v) is 7.68. The predicted octanol–water partition coefficient (Wildman–Crippen LogP) is 3.34. The number of aryl methyl sites for hydroxylation is 2. The lowest BCUT2D eigenvalue weighted by molar-refractivity contribution is 0.0941. The summed E-state index contributed by atoms with van der Waals surface area (Å²) in [6, 6.07) is 9.20. The molecule has 124 valence electrons. The number of fused-ring (bicyclic) bond motifs is 1. The summed E-state index contributed by atoms with van der Waals surface area (Å²) >= 11 is 0. The fourth-order valence-corrected chi connectivity index (χ4v) is 2.67. The van der Waals surface area contributed by atoms with Gasteiger partial charge in [0.15, 0.2) is 0 Å². The molecule has 0 radical (unpaired) electrons. The Morgan fingerprint density at radius 1 is 1.29 bits per heavy atom. The van der Waals surface area contributed by atoms with Crippen molar-refractivity contribution in [1.82, 2.24) is 15.5 Å². The minimum atomic E-state index is -0.188. The zero-order valence-electron chi connectivity index (χ0n) is 14.1. The SMILES string of the molecule is COc1cccc(C(C)NC(=O)c2cc(C)nc3onc(C)c23)c1. The van der Waals surface area contributed by atoms with Crippen molar-refractivity contribution in [2.24, 2.45) is 0 Å². The summed E-state index contributed by atoms with van der Waals surface area (Å²) in [5.41, 5.74) is 3.22. The van der Waals surface area contributed by atoms with Crippen molar-refractivity contribution in [3.05, 3.63) is 52.8 Å². The third kappa shape index (κ3) is 2.95. The Kier molecular flexibility index (Phi) is 4.20. The first-order valence-electron chi connectivity index (χ1n) is 7.68. The fourth-order valence-electron chi connectivity index (χ4n) is 2.67. The summed E-state index contributed by atoms with van der Waals surface area (Å²) in [4.78, 5) is 17.0. The lowest BCUT2D eigenvalue weighted by atomic mass is 10.1. The number of nitrogens with zero attached hydrogens (tertiary/aromatic N) is 2. The molecule has 1 aromatic carbocycles. The second-order valence-corrected chi connectivity index (χ2v) is 5.73. The number of amides is 1. The van der Waals surface area contributed by atoms with Gasteiger partial charge in [0.1, 0.15) is 5.75 Å². The van der Waals surface area contributed by atoms with E-state index in [4.69, 9.17) is 9.26 Å². The molecular weight excluding hydrogens is 306 g/mol. The van der Waals surface area contributed by atoms with Gasteiger partial charge in [-0.05, 0) is 44.5 Å². The first-order chi connectivity index (χ1) is 11.5. The number of methoxy groups -OCH3 is 1. The fraction of sp³-hybridized carbons (Fsp3) is 0.278. The van der Waals surface area contributed by atoms with Crippen molar-refractivity contribution in [3.63, 3.8) is 0 Å². The molecule has 1 unspecified atom stereocenters. The van der Waals surface area contributed by atoms with Crippen LogP contribution in [0.1, 0.15) is 40.3 Å². The van der Waals surface area contributed by atoms with Gasteiger partial charge < -0.3 is 14.6 Å². The van der Waals surface area contributed by atoms with E-state index in [9.17, 15) is 4.79 Å². The van der Waals surface area contributed by atoms with E-state index < -0.39 is 0 Å². The zero-order chi connectivity index (χ0) is 17.3. The van der Waals surface area contributed by atoms with Crippen LogP contribution in [0.15, 0.2) is 34.9 Å². The highest BCUT2D eigenvalue weighted by molar-refractivity contribution is 6.06. The largest absolute Gasteiger partial charge is 0.497 e. The van der Waals surface area contributed by atoms with Crippen LogP contribution in [0.25, 0.3) is 11.1 Å². The molecule has 0 saturated carbocycles. The Bertz CT molecular complexity index is 902. The molecule has 1 amide bonds.